The van der Waals surface area contributed by atoms with E-state index in [-0.39, 0.29) is 11.9 Å². The van der Waals surface area contributed by atoms with Crippen LogP contribution in [-0.4, -0.2) is 42.0 Å². The van der Waals surface area contributed by atoms with Crippen molar-refractivity contribution in [1.82, 2.24) is 15.2 Å². The number of nitrogens with two attached hydrogens (primary N) is 1. The maximum atomic E-state index is 12.1. The van der Waals surface area contributed by atoms with Crippen molar-refractivity contribution in [3.63, 3.8) is 0 Å². The highest BCUT2D eigenvalue weighted by molar-refractivity contribution is 5.91. The second kappa shape index (κ2) is 12.9. The van der Waals surface area contributed by atoms with Crippen molar-refractivity contribution < 1.29 is 9.21 Å². The predicted molar refractivity (Wildman–Crippen MR) is 102 cm³/mol. The Bertz CT molecular complexity index is 468. The van der Waals surface area contributed by atoms with Crippen LogP contribution in [0.1, 0.15) is 88.1 Å². The summed E-state index contributed by atoms with van der Waals surface area (Å²) < 4.78 is 5.33. The third-order valence-electron chi connectivity index (χ3n) is 4.26. The number of aromatic nitrogens is 1. The van der Waals surface area contributed by atoms with Crippen LogP contribution in [0.3, 0.4) is 0 Å². The fourth-order valence-corrected chi connectivity index (χ4v) is 2.69. The third kappa shape index (κ3) is 8.50. The Morgan fingerprint density at radius 3 is 2.40 bits per heavy atom. The molecule has 144 valence electrons. The lowest BCUT2D eigenvalue weighted by Gasteiger charge is -2.21. The van der Waals surface area contributed by atoms with Gasteiger partial charge in [-0.05, 0) is 45.3 Å². The summed E-state index contributed by atoms with van der Waals surface area (Å²) in [6.45, 7) is 10.5. The first-order valence-corrected chi connectivity index (χ1v) is 9.83. The normalized spacial score (nSPS) is 12.5. The summed E-state index contributed by atoms with van der Waals surface area (Å²) in [7, 11) is 0. The summed E-state index contributed by atoms with van der Waals surface area (Å²) in [6, 6.07) is -0.239. The van der Waals surface area contributed by atoms with E-state index in [4.69, 9.17) is 10.2 Å². The highest BCUT2D eigenvalue weighted by Crippen LogP contribution is 2.14. The van der Waals surface area contributed by atoms with Crippen molar-refractivity contribution in [2.24, 2.45) is 5.73 Å². The maximum absolute atomic E-state index is 12.1. The van der Waals surface area contributed by atoms with E-state index in [1.807, 2.05) is 0 Å². The Morgan fingerprint density at radius 1 is 1.16 bits per heavy atom. The van der Waals surface area contributed by atoms with E-state index >= 15 is 0 Å². The summed E-state index contributed by atoms with van der Waals surface area (Å²) in [4.78, 5) is 18.8. The van der Waals surface area contributed by atoms with Crippen molar-refractivity contribution in [2.75, 3.05) is 26.2 Å². The Labute approximate surface area is 152 Å². The van der Waals surface area contributed by atoms with Crippen LogP contribution in [0.2, 0.25) is 0 Å². The van der Waals surface area contributed by atoms with Gasteiger partial charge in [0.25, 0.3) is 5.91 Å². The highest BCUT2D eigenvalue weighted by atomic mass is 16.3. The summed E-state index contributed by atoms with van der Waals surface area (Å²) in [6.07, 6.45) is 8.99. The fourth-order valence-electron chi connectivity index (χ4n) is 2.69. The molecule has 0 aliphatic rings. The molecule has 0 fully saturated rings. The van der Waals surface area contributed by atoms with E-state index in [1.54, 1.807) is 0 Å². The zero-order valence-corrected chi connectivity index (χ0v) is 16.2. The molecule has 0 aliphatic carbocycles. The van der Waals surface area contributed by atoms with Crippen LogP contribution >= 0.6 is 0 Å². The highest BCUT2D eigenvalue weighted by Gasteiger charge is 2.16. The number of amides is 1. The molecule has 1 unspecified atom stereocenters. The van der Waals surface area contributed by atoms with Gasteiger partial charge in [-0.2, -0.15) is 0 Å². The second-order valence-electron chi connectivity index (χ2n) is 6.62. The Morgan fingerprint density at radius 2 is 1.80 bits per heavy atom. The monoisotopic (exact) mass is 352 g/mol. The predicted octanol–water partition coefficient (Wildman–Crippen LogP) is 3.50. The van der Waals surface area contributed by atoms with Gasteiger partial charge in [-0.1, -0.05) is 40.0 Å². The molecular formula is C19H36N4O2. The lowest BCUT2D eigenvalue weighted by Crippen LogP contribution is -2.31. The standard InChI is InChI=1S/C19H36N4O2/c1-4-7-12-23(13-8-5-2)14-9-11-21-18(24)17-15-25-19(22-17)16(20)10-6-3/h15-16H,4-14,20H2,1-3H3,(H,21,24). The topological polar surface area (TPSA) is 84.4 Å². The van der Waals surface area contributed by atoms with Gasteiger partial charge >= 0.3 is 0 Å². The van der Waals surface area contributed by atoms with Crippen LogP contribution in [0, 0.1) is 0 Å². The van der Waals surface area contributed by atoms with Crippen molar-refractivity contribution in [1.29, 1.82) is 0 Å². The lowest BCUT2D eigenvalue weighted by molar-refractivity contribution is 0.0946. The zero-order chi connectivity index (χ0) is 18.5. The quantitative estimate of drug-likeness (QED) is 0.501. The molecule has 0 saturated carbocycles. The number of nitrogens with one attached hydrogen (secondary N) is 1. The largest absolute Gasteiger partial charge is 0.446 e. The van der Waals surface area contributed by atoms with Crippen molar-refractivity contribution in [3.05, 3.63) is 17.8 Å². The summed E-state index contributed by atoms with van der Waals surface area (Å²) in [5.41, 5.74) is 6.28. The van der Waals surface area contributed by atoms with Gasteiger partial charge < -0.3 is 20.4 Å². The van der Waals surface area contributed by atoms with Gasteiger partial charge in [0.1, 0.15) is 6.26 Å². The molecule has 1 rings (SSSR count). The van der Waals surface area contributed by atoms with Crippen LogP contribution in [0.4, 0.5) is 0 Å². The van der Waals surface area contributed by atoms with E-state index in [9.17, 15) is 4.79 Å². The number of carbonyl (C=O) groups is 1. The molecule has 0 bridgehead atoms. The minimum absolute atomic E-state index is 0.188. The molecule has 1 heterocycles. The summed E-state index contributed by atoms with van der Waals surface area (Å²) >= 11 is 0. The van der Waals surface area contributed by atoms with Gasteiger partial charge in [-0.15, -0.1) is 0 Å². The number of hydrogen-bond acceptors (Lipinski definition) is 5. The molecule has 0 saturated heterocycles. The van der Waals surface area contributed by atoms with E-state index in [0.29, 0.717) is 18.1 Å². The van der Waals surface area contributed by atoms with Crippen molar-refractivity contribution in [3.8, 4) is 0 Å². The number of hydrogen-bond donors (Lipinski definition) is 2. The third-order valence-corrected chi connectivity index (χ3v) is 4.26. The number of nitrogens with zero attached hydrogens (tertiary/aromatic N) is 2. The molecule has 6 heteroatoms. The molecule has 1 atom stereocenters. The molecule has 25 heavy (non-hydrogen) atoms. The van der Waals surface area contributed by atoms with E-state index in [0.717, 1.165) is 38.9 Å². The number of rotatable bonds is 14. The Kier molecular flexibility index (Phi) is 11.2. The first-order chi connectivity index (χ1) is 12.1. The minimum Gasteiger partial charge on any atom is -0.446 e. The molecule has 1 aromatic heterocycles. The van der Waals surface area contributed by atoms with Gasteiger partial charge in [0.15, 0.2) is 5.69 Å². The van der Waals surface area contributed by atoms with Crippen LogP contribution < -0.4 is 11.1 Å². The summed E-state index contributed by atoms with van der Waals surface area (Å²) in [5, 5.41) is 2.92. The van der Waals surface area contributed by atoms with E-state index < -0.39 is 0 Å². The molecule has 3 N–H and O–H groups in total. The molecule has 1 aromatic rings. The van der Waals surface area contributed by atoms with Gasteiger partial charge in [0.05, 0.1) is 6.04 Å². The molecule has 0 aliphatic heterocycles. The molecule has 0 spiro atoms. The van der Waals surface area contributed by atoms with Gasteiger partial charge in [0, 0.05) is 6.54 Å². The lowest BCUT2D eigenvalue weighted by atomic mass is 10.2. The molecule has 0 radical (unpaired) electrons. The fraction of sp³-hybridized carbons (Fsp3) is 0.789. The smallest absolute Gasteiger partial charge is 0.273 e. The SMILES string of the molecule is CCCCN(CCCC)CCCNC(=O)c1coc(C(N)CCC)n1. The average Bonchev–Trinajstić information content (AvgIpc) is 3.10. The molecule has 1 amide bonds. The second-order valence-corrected chi connectivity index (χ2v) is 6.62. The van der Waals surface area contributed by atoms with Gasteiger partial charge in [-0.3, -0.25) is 4.79 Å². The Hall–Kier alpha value is -1.40. The van der Waals surface area contributed by atoms with Crippen LogP contribution in [0.5, 0.6) is 0 Å². The van der Waals surface area contributed by atoms with Crippen LogP contribution in [0.25, 0.3) is 0 Å². The number of carbonyl (C=O) groups excluding carboxylic acids is 1. The minimum atomic E-state index is -0.239. The first-order valence-electron chi connectivity index (χ1n) is 9.83. The van der Waals surface area contributed by atoms with Crippen molar-refractivity contribution >= 4 is 5.91 Å². The number of oxazole rings is 1. The van der Waals surface area contributed by atoms with E-state index in [2.05, 4.69) is 36.0 Å². The van der Waals surface area contributed by atoms with Gasteiger partial charge in [0.2, 0.25) is 5.89 Å². The van der Waals surface area contributed by atoms with E-state index in [1.165, 1.54) is 31.9 Å². The molecule has 0 aromatic carbocycles. The van der Waals surface area contributed by atoms with Gasteiger partial charge in [-0.25, -0.2) is 4.98 Å². The number of unbranched alkanes of at least 4 members (excludes halogenated alkanes) is 2. The average molecular weight is 353 g/mol. The maximum Gasteiger partial charge on any atom is 0.273 e. The summed E-state index contributed by atoms with van der Waals surface area (Å²) in [5.74, 6) is 0.254. The van der Waals surface area contributed by atoms with Crippen LogP contribution in [0.15, 0.2) is 10.7 Å². The first kappa shape index (κ1) is 21.6. The Balaban J connectivity index is 2.33. The molecule has 6 nitrogen and oxygen atoms in total. The zero-order valence-electron chi connectivity index (χ0n) is 16.2. The molecular weight excluding hydrogens is 316 g/mol. The van der Waals surface area contributed by atoms with Crippen LogP contribution in [-0.2, 0) is 0 Å². The van der Waals surface area contributed by atoms with Crippen molar-refractivity contribution in [2.45, 2.75) is 71.8 Å².